The fourth-order valence-electron chi connectivity index (χ4n) is 4.80. The summed E-state index contributed by atoms with van der Waals surface area (Å²) >= 11 is 0. The van der Waals surface area contributed by atoms with E-state index < -0.39 is 16.1 Å². The molecule has 0 bridgehead atoms. The fraction of sp³-hybridized carbons (Fsp3) is 0.212. The number of hydrogen-bond donors (Lipinski definition) is 3. The van der Waals surface area contributed by atoms with Crippen LogP contribution in [0, 0.1) is 6.92 Å². The molecule has 1 heterocycles. The van der Waals surface area contributed by atoms with E-state index in [1.54, 1.807) is 24.3 Å². The molecule has 11 heteroatoms. The van der Waals surface area contributed by atoms with Gasteiger partial charge in [-0.25, -0.2) is 18.2 Å². The fourth-order valence-corrected chi connectivity index (χ4v) is 5.35. The molecule has 0 saturated carbocycles. The molecule has 0 spiro atoms. The second-order valence-electron chi connectivity index (χ2n) is 11.4. The molecular weight excluding hydrogens is 580 g/mol. The van der Waals surface area contributed by atoms with Crippen LogP contribution in [0.4, 0.5) is 21.9 Å². The molecule has 0 aliphatic heterocycles. The van der Waals surface area contributed by atoms with Crippen LogP contribution in [0.3, 0.4) is 0 Å². The van der Waals surface area contributed by atoms with Gasteiger partial charge < -0.3 is 24.5 Å². The number of sulfonamides is 1. The number of anilines is 3. The highest BCUT2D eigenvalue weighted by atomic mass is 32.2. The number of benzene rings is 4. The molecular formula is C33H34N4O6S. The molecule has 0 fully saturated rings. The van der Waals surface area contributed by atoms with Gasteiger partial charge >= 0.3 is 6.03 Å². The number of rotatable bonds is 8. The first kappa shape index (κ1) is 30.4. The molecule has 0 aliphatic rings. The van der Waals surface area contributed by atoms with Gasteiger partial charge in [0.05, 0.1) is 36.1 Å². The number of carbonyl (C=O) groups is 1. The first-order valence-electron chi connectivity index (χ1n) is 13.8. The zero-order valence-electron chi connectivity index (χ0n) is 25.3. The van der Waals surface area contributed by atoms with E-state index in [9.17, 15) is 13.2 Å². The summed E-state index contributed by atoms with van der Waals surface area (Å²) in [5, 5.41) is 7.30. The number of nitrogens with one attached hydrogen (secondary N) is 3. The van der Waals surface area contributed by atoms with Crippen molar-refractivity contribution in [3.8, 4) is 28.6 Å². The number of fused-ring (bicyclic) bond motifs is 1. The molecule has 3 N–H and O–H groups in total. The smallest absolute Gasteiger partial charge is 0.323 e. The number of carbonyl (C=O) groups excluding carboxylic acids is 1. The SMILES string of the molecule is COc1c(NC(=O)Nc2ccc(Oc3cccc(-c4ocnc4C)c3)c3ccccc23)cc(C(C)(C)C)cc1NS(C)(=O)=O. The number of methoxy groups -OCH3 is 1. The third kappa shape index (κ3) is 6.78. The van der Waals surface area contributed by atoms with Gasteiger partial charge in [0.1, 0.15) is 11.5 Å². The summed E-state index contributed by atoms with van der Waals surface area (Å²) < 4.78 is 44.0. The molecule has 4 aromatic carbocycles. The highest BCUT2D eigenvalue weighted by Gasteiger charge is 2.22. The van der Waals surface area contributed by atoms with Crippen LogP contribution in [0.5, 0.6) is 17.2 Å². The molecule has 10 nitrogen and oxygen atoms in total. The molecule has 1 aromatic heterocycles. The van der Waals surface area contributed by atoms with E-state index >= 15 is 0 Å². The average molecular weight is 615 g/mol. The van der Waals surface area contributed by atoms with Gasteiger partial charge in [-0.3, -0.25) is 4.72 Å². The van der Waals surface area contributed by atoms with Gasteiger partial charge in [0.2, 0.25) is 10.0 Å². The molecule has 0 aliphatic carbocycles. The molecule has 0 unspecified atom stereocenters. The van der Waals surface area contributed by atoms with E-state index in [4.69, 9.17) is 13.9 Å². The largest absolute Gasteiger partial charge is 0.492 e. The highest BCUT2D eigenvalue weighted by molar-refractivity contribution is 7.92. The molecule has 228 valence electrons. The van der Waals surface area contributed by atoms with Crippen LogP contribution in [0.2, 0.25) is 0 Å². The van der Waals surface area contributed by atoms with Crippen molar-refractivity contribution in [1.29, 1.82) is 0 Å². The van der Waals surface area contributed by atoms with Crippen molar-refractivity contribution in [2.24, 2.45) is 0 Å². The summed E-state index contributed by atoms with van der Waals surface area (Å²) in [6, 6.07) is 21.6. The Hall–Kier alpha value is -5.03. The van der Waals surface area contributed by atoms with Gasteiger partial charge in [-0.2, -0.15) is 0 Å². The van der Waals surface area contributed by atoms with E-state index in [2.05, 4.69) is 20.3 Å². The Bertz CT molecular complexity index is 1960. The summed E-state index contributed by atoms with van der Waals surface area (Å²) in [5.74, 6) is 2.09. The summed E-state index contributed by atoms with van der Waals surface area (Å²) in [7, 11) is -2.20. The van der Waals surface area contributed by atoms with Gasteiger partial charge in [-0.15, -0.1) is 0 Å². The minimum Gasteiger partial charge on any atom is -0.492 e. The average Bonchev–Trinajstić information content (AvgIpc) is 3.39. The van der Waals surface area contributed by atoms with Gasteiger partial charge in [0.15, 0.2) is 17.9 Å². The Labute approximate surface area is 256 Å². The lowest BCUT2D eigenvalue weighted by Gasteiger charge is -2.24. The van der Waals surface area contributed by atoms with Crippen LogP contribution in [0.25, 0.3) is 22.1 Å². The van der Waals surface area contributed by atoms with Gasteiger partial charge in [0.25, 0.3) is 0 Å². The van der Waals surface area contributed by atoms with Crippen molar-refractivity contribution in [1.82, 2.24) is 4.98 Å². The van der Waals surface area contributed by atoms with Gasteiger partial charge in [-0.05, 0) is 54.3 Å². The van der Waals surface area contributed by atoms with Crippen LogP contribution < -0.4 is 24.8 Å². The van der Waals surface area contributed by atoms with Gasteiger partial charge in [-0.1, -0.05) is 57.2 Å². The Kier molecular flexibility index (Phi) is 8.25. The summed E-state index contributed by atoms with van der Waals surface area (Å²) in [6.45, 7) is 7.85. The number of aromatic nitrogens is 1. The molecule has 0 saturated heterocycles. The predicted octanol–water partition coefficient (Wildman–Crippen LogP) is 7.92. The summed E-state index contributed by atoms with van der Waals surface area (Å²) in [5.41, 5.74) is 3.18. The van der Waals surface area contributed by atoms with Crippen molar-refractivity contribution in [2.75, 3.05) is 28.7 Å². The molecule has 44 heavy (non-hydrogen) atoms. The summed E-state index contributed by atoms with van der Waals surface area (Å²) in [4.78, 5) is 17.5. The minimum absolute atomic E-state index is 0.190. The highest BCUT2D eigenvalue weighted by Crippen LogP contribution is 2.40. The first-order chi connectivity index (χ1) is 20.8. The minimum atomic E-state index is -3.61. The number of hydrogen-bond acceptors (Lipinski definition) is 7. The number of urea groups is 1. The molecule has 0 radical (unpaired) electrons. The maximum absolute atomic E-state index is 13.3. The molecule has 5 aromatic rings. The maximum atomic E-state index is 13.3. The Morgan fingerprint density at radius 3 is 2.25 bits per heavy atom. The topological polar surface area (TPSA) is 132 Å². The van der Waals surface area contributed by atoms with E-state index in [0.717, 1.165) is 33.8 Å². The van der Waals surface area contributed by atoms with Crippen LogP contribution in [0.1, 0.15) is 32.0 Å². The number of amides is 2. The van der Waals surface area contributed by atoms with Gasteiger partial charge in [0, 0.05) is 16.3 Å². The number of nitrogens with zero attached hydrogens (tertiary/aromatic N) is 1. The molecule has 2 amide bonds. The van der Waals surface area contributed by atoms with Crippen LogP contribution in [0.15, 0.2) is 83.6 Å². The quantitative estimate of drug-likeness (QED) is 0.162. The van der Waals surface area contributed by atoms with Crippen molar-refractivity contribution in [2.45, 2.75) is 33.1 Å². The van der Waals surface area contributed by atoms with Crippen molar-refractivity contribution >= 4 is 43.9 Å². The Morgan fingerprint density at radius 2 is 1.59 bits per heavy atom. The standard InChI is InChI=1S/C33H34N4O6S/c1-20-30(42-19-34-20)21-10-9-11-23(16-21)43-29-15-14-26(24-12-7-8-13-25(24)29)35-32(38)36-27-17-22(33(2,3)4)18-28(31(27)41-5)37-44(6,39)40/h7-19,37H,1-6H3,(H2,35,36,38). The third-order valence-electron chi connectivity index (χ3n) is 6.90. The number of aryl methyl sites for hydroxylation is 1. The Balaban J connectivity index is 1.43. The normalized spacial score (nSPS) is 11.7. The molecule has 5 rings (SSSR count). The molecule has 0 atom stereocenters. The first-order valence-corrected chi connectivity index (χ1v) is 15.7. The second kappa shape index (κ2) is 11.9. The van der Waals surface area contributed by atoms with E-state index in [1.165, 1.54) is 13.5 Å². The number of oxazole rings is 1. The monoisotopic (exact) mass is 614 g/mol. The van der Waals surface area contributed by atoms with Crippen molar-refractivity contribution in [3.63, 3.8) is 0 Å². The zero-order valence-corrected chi connectivity index (χ0v) is 26.1. The predicted molar refractivity (Wildman–Crippen MR) is 173 cm³/mol. The van der Waals surface area contributed by atoms with Crippen molar-refractivity contribution < 1.29 is 27.1 Å². The number of ether oxygens (including phenoxy) is 2. The third-order valence-corrected chi connectivity index (χ3v) is 7.50. The maximum Gasteiger partial charge on any atom is 0.323 e. The lowest BCUT2D eigenvalue weighted by molar-refractivity contribution is 0.262. The van der Waals surface area contributed by atoms with E-state index in [-0.39, 0.29) is 16.9 Å². The van der Waals surface area contributed by atoms with E-state index in [1.807, 2.05) is 76.2 Å². The van der Waals surface area contributed by atoms with Crippen molar-refractivity contribution in [3.05, 3.63) is 90.4 Å². The van der Waals surface area contributed by atoms with Crippen LogP contribution >= 0.6 is 0 Å². The lowest BCUT2D eigenvalue weighted by Crippen LogP contribution is -2.22. The zero-order chi connectivity index (χ0) is 31.6. The van der Waals surface area contributed by atoms with Crippen LogP contribution in [-0.4, -0.2) is 32.8 Å². The Morgan fingerprint density at radius 1 is 0.886 bits per heavy atom. The van der Waals surface area contributed by atoms with E-state index in [0.29, 0.717) is 28.6 Å². The van der Waals surface area contributed by atoms with Crippen LogP contribution in [-0.2, 0) is 15.4 Å². The second-order valence-corrected chi connectivity index (χ2v) is 13.1. The lowest BCUT2D eigenvalue weighted by atomic mass is 9.86. The summed E-state index contributed by atoms with van der Waals surface area (Å²) in [6.07, 6.45) is 2.47.